The zero-order chi connectivity index (χ0) is 19.4. The highest BCUT2D eigenvalue weighted by molar-refractivity contribution is 7.18. The third-order valence-corrected chi connectivity index (χ3v) is 5.30. The van der Waals surface area contributed by atoms with Crippen molar-refractivity contribution in [2.75, 3.05) is 0 Å². The van der Waals surface area contributed by atoms with Crippen LogP contribution in [0.2, 0.25) is 0 Å². The first-order chi connectivity index (χ1) is 12.0. The lowest BCUT2D eigenvalue weighted by molar-refractivity contribution is -0.123. The van der Waals surface area contributed by atoms with E-state index in [0.717, 1.165) is 20.7 Å². The fraction of sp³-hybridized carbons (Fsp3) is 0.556. The largest absolute Gasteiger partial charge is 0.352 e. The molecule has 0 bridgehead atoms. The minimum atomic E-state index is -0.362. The number of nitrogens with zero attached hydrogens (tertiary/aromatic N) is 4. The molecular formula is C18H25N5O2S. The smallest absolute Gasteiger partial charge is 0.350 e. The summed E-state index contributed by atoms with van der Waals surface area (Å²) in [5, 5.41) is 8.26. The van der Waals surface area contributed by atoms with Gasteiger partial charge in [0.15, 0.2) is 5.65 Å². The van der Waals surface area contributed by atoms with Crippen LogP contribution in [0, 0.1) is 13.8 Å². The van der Waals surface area contributed by atoms with Crippen molar-refractivity contribution >= 4 is 33.1 Å². The van der Waals surface area contributed by atoms with Gasteiger partial charge >= 0.3 is 5.69 Å². The van der Waals surface area contributed by atoms with Gasteiger partial charge in [-0.1, -0.05) is 13.8 Å². The molecule has 3 rings (SSSR count). The van der Waals surface area contributed by atoms with Crippen LogP contribution in [-0.2, 0) is 11.3 Å². The van der Waals surface area contributed by atoms with Crippen LogP contribution in [0.5, 0.6) is 0 Å². The maximum absolute atomic E-state index is 13.0. The number of carbonyl (C=O) groups is 1. The number of thiophene rings is 1. The van der Waals surface area contributed by atoms with Crippen molar-refractivity contribution in [1.82, 2.24) is 24.5 Å². The van der Waals surface area contributed by atoms with Crippen LogP contribution in [0.4, 0.5) is 0 Å². The van der Waals surface area contributed by atoms with Gasteiger partial charge in [0, 0.05) is 16.3 Å². The molecule has 0 aromatic carbocycles. The van der Waals surface area contributed by atoms with Gasteiger partial charge in [0.2, 0.25) is 5.91 Å². The Morgan fingerprint density at radius 2 is 1.92 bits per heavy atom. The van der Waals surface area contributed by atoms with Crippen molar-refractivity contribution in [2.45, 2.75) is 66.5 Å². The van der Waals surface area contributed by atoms with Crippen molar-refractivity contribution in [1.29, 1.82) is 0 Å². The Kier molecular flexibility index (Phi) is 4.42. The van der Waals surface area contributed by atoms with E-state index in [2.05, 4.69) is 10.4 Å². The summed E-state index contributed by atoms with van der Waals surface area (Å²) in [6.45, 7) is 13.6. The number of aryl methyl sites for hydroxylation is 2. The van der Waals surface area contributed by atoms with Crippen molar-refractivity contribution in [3.63, 3.8) is 0 Å². The molecule has 3 aromatic heterocycles. The van der Waals surface area contributed by atoms with Crippen LogP contribution in [0.3, 0.4) is 0 Å². The highest BCUT2D eigenvalue weighted by atomic mass is 32.1. The third-order valence-electron chi connectivity index (χ3n) is 4.20. The van der Waals surface area contributed by atoms with E-state index in [1.807, 2.05) is 48.5 Å². The first-order valence-corrected chi connectivity index (χ1v) is 9.51. The molecule has 3 aromatic rings. The molecule has 8 heteroatoms. The first-order valence-electron chi connectivity index (χ1n) is 8.69. The lowest BCUT2D eigenvalue weighted by Gasteiger charge is -2.20. The van der Waals surface area contributed by atoms with Crippen molar-refractivity contribution in [3.05, 3.63) is 26.7 Å². The van der Waals surface area contributed by atoms with Gasteiger partial charge in [-0.25, -0.2) is 18.9 Å². The van der Waals surface area contributed by atoms with E-state index in [4.69, 9.17) is 4.98 Å². The minimum Gasteiger partial charge on any atom is -0.350 e. The summed E-state index contributed by atoms with van der Waals surface area (Å²) in [5.74, 6) is 0.487. The summed E-state index contributed by atoms with van der Waals surface area (Å²) in [6.07, 6.45) is 0. The zero-order valence-corrected chi connectivity index (χ0v) is 17.1. The van der Waals surface area contributed by atoms with E-state index in [0.29, 0.717) is 11.5 Å². The quantitative estimate of drug-likeness (QED) is 0.763. The van der Waals surface area contributed by atoms with Crippen LogP contribution < -0.4 is 11.0 Å². The summed E-state index contributed by atoms with van der Waals surface area (Å²) in [7, 11) is 0. The number of hydrogen-bond acceptors (Lipinski definition) is 5. The average molecular weight is 375 g/mol. The Morgan fingerprint density at radius 3 is 2.50 bits per heavy atom. The van der Waals surface area contributed by atoms with Gasteiger partial charge in [0.25, 0.3) is 0 Å². The summed E-state index contributed by atoms with van der Waals surface area (Å²) in [4.78, 5) is 32.0. The van der Waals surface area contributed by atoms with Gasteiger partial charge in [-0.05, 0) is 40.2 Å². The second-order valence-corrected chi connectivity index (χ2v) is 9.19. The van der Waals surface area contributed by atoms with E-state index in [1.165, 1.54) is 4.68 Å². The Hall–Kier alpha value is -2.22. The molecule has 0 aliphatic heterocycles. The average Bonchev–Trinajstić information content (AvgIpc) is 2.95. The summed E-state index contributed by atoms with van der Waals surface area (Å²) in [5.41, 5.74) is 0.965. The molecule has 0 saturated carbocycles. The van der Waals surface area contributed by atoms with Crippen LogP contribution in [0.15, 0.2) is 4.79 Å². The summed E-state index contributed by atoms with van der Waals surface area (Å²) in [6, 6.07) is 0. The third kappa shape index (κ3) is 3.13. The molecule has 0 spiro atoms. The van der Waals surface area contributed by atoms with Gasteiger partial charge in [-0.15, -0.1) is 16.4 Å². The number of hydrogen-bond donors (Lipinski definition) is 1. The molecular weight excluding hydrogens is 350 g/mol. The molecule has 26 heavy (non-hydrogen) atoms. The normalized spacial score (nSPS) is 12.5. The standard InChI is InChI=1S/C18H25N5O2S/c1-9(2)14-19-16-13(10(3)11(4)26-16)15-21-22(17(25)23(14)15)8-12(24)20-18(5,6)7/h9H,8H2,1-7H3,(H,20,24). The van der Waals surface area contributed by atoms with E-state index >= 15 is 0 Å². The molecule has 0 unspecified atom stereocenters. The molecule has 3 heterocycles. The summed E-state index contributed by atoms with van der Waals surface area (Å²) >= 11 is 1.61. The predicted octanol–water partition coefficient (Wildman–Crippen LogP) is 2.76. The maximum Gasteiger partial charge on any atom is 0.352 e. The van der Waals surface area contributed by atoms with Crippen LogP contribution in [0.1, 0.15) is 56.8 Å². The van der Waals surface area contributed by atoms with Gasteiger partial charge in [-0.3, -0.25) is 4.79 Å². The van der Waals surface area contributed by atoms with Gasteiger partial charge in [-0.2, -0.15) is 0 Å². The topological polar surface area (TPSA) is 81.3 Å². The lowest BCUT2D eigenvalue weighted by Crippen LogP contribution is -2.43. The Balaban J connectivity index is 2.23. The van der Waals surface area contributed by atoms with E-state index < -0.39 is 0 Å². The number of amides is 1. The summed E-state index contributed by atoms with van der Waals surface area (Å²) < 4.78 is 2.78. The highest BCUT2D eigenvalue weighted by Crippen LogP contribution is 2.32. The Labute approximate surface area is 156 Å². The first kappa shape index (κ1) is 18.6. The zero-order valence-electron chi connectivity index (χ0n) is 16.3. The number of carbonyl (C=O) groups excluding carboxylic acids is 1. The molecule has 0 aliphatic carbocycles. The van der Waals surface area contributed by atoms with Gasteiger partial charge in [0.05, 0.1) is 5.39 Å². The van der Waals surface area contributed by atoms with Gasteiger partial charge in [0.1, 0.15) is 17.2 Å². The SMILES string of the molecule is Cc1sc2nc(C(C)C)n3c(=O)n(CC(=O)NC(C)(C)C)nc3c2c1C. The lowest BCUT2D eigenvalue weighted by atomic mass is 10.1. The molecule has 0 saturated heterocycles. The number of aromatic nitrogens is 4. The number of rotatable bonds is 3. The monoisotopic (exact) mass is 375 g/mol. The highest BCUT2D eigenvalue weighted by Gasteiger charge is 2.22. The van der Waals surface area contributed by atoms with Crippen molar-refractivity contribution in [2.24, 2.45) is 0 Å². The maximum atomic E-state index is 13.0. The Morgan fingerprint density at radius 1 is 1.27 bits per heavy atom. The minimum absolute atomic E-state index is 0.0587. The van der Waals surface area contributed by atoms with Gasteiger partial charge < -0.3 is 5.32 Å². The molecule has 140 valence electrons. The second kappa shape index (κ2) is 6.19. The van der Waals surface area contributed by atoms with Crippen LogP contribution >= 0.6 is 11.3 Å². The molecule has 0 aliphatic rings. The van der Waals surface area contributed by atoms with Crippen molar-refractivity contribution in [3.8, 4) is 0 Å². The molecule has 1 amide bonds. The van der Waals surface area contributed by atoms with Crippen molar-refractivity contribution < 1.29 is 4.79 Å². The van der Waals surface area contributed by atoms with E-state index in [9.17, 15) is 9.59 Å². The fourth-order valence-electron chi connectivity index (χ4n) is 2.97. The number of nitrogens with one attached hydrogen (secondary N) is 1. The van der Waals surface area contributed by atoms with E-state index in [1.54, 1.807) is 15.7 Å². The number of fused-ring (bicyclic) bond motifs is 3. The molecule has 0 radical (unpaired) electrons. The van der Waals surface area contributed by atoms with E-state index in [-0.39, 0.29) is 29.6 Å². The molecule has 7 nitrogen and oxygen atoms in total. The fourth-order valence-corrected chi connectivity index (χ4v) is 4.00. The molecule has 1 N–H and O–H groups in total. The molecule has 0 fully saturated rings. The predicted molar refractivity (Wildman–Crippen MR) is 104 cm³/mol. The van der Waals surface area contributed by atoms with Crippen LogP contribution in [0.25, 0.3) is 15.9 Å². The second-order valence-electron chi connectivity index (χ2n) is 7.99. The van der Waals surface area contributed by atoms with Crippen LogP contribution in [-0.4, -0.2) is 30.6 Å². The Bertz CT molecular complexity index is 1070. The molecule has 0 atom stereocenters.